The number of fused-ring (bicyclic) bond motifs is 1. The zero-order valence-corrected chi connectivity index (χ0v) is 14.5. The summed E-state index contributed by atoms with van der Waals surface area (Å²) >= 11 is 0. The van der Waals surface area contributed by atoms with Crippen LogP contribution in [0.4, 0.5) is 0 Å². The molecule has 1 aliphatic heterocycles. The summed E-state index contributed by atoms with van der Waals surface area (Å²) in [6.07, 6.45) is 2.24. The van der Waals surface area contributed by atoms with Crippen LogP contribution in [-0.4, -0.2) is 38.0 Å². The molecule has 0 saturated heterocycles. The lowest BCUT2D eigenvalue weighted by Gasteiger charge is -2.19. The number of benzene rings is 1. The van der Waals surface area contributed by atoms with E-state index in [2.05, 4.69) is 9.97 Å². The van der Waals surface area contributed by atoms with E-state index in [1.807, 2.05) is 36.5 Å². The van der Waals surface area contributed by atoms with Gasteiger partial charge in [-0.05, 0) is 12.8 Å². The Hall–Kier alpha value is -2.02. The molecule has 0 radical (unpaired) electrons. The van der Waals surface area contributed by atoms with Gasteiger partial charge in [0.15, 0.2) is 5.82 Å². The third kappa shape index (κ3) is 3.38. The Morgan fingerprint density at radius 1 is 1.20 bits per heavy atom. The summed E-state index contributed by atoms with van der Waals surface area (Å²) in [4.78, 5) is 23.5. The normalized spacial score (nSPS) is 24.7. The van der Waals surface area contributed by atoms with Crippen LogP contribution < -0.4 is 5.73 Å². The second-order valence-corrected chi connectivity index (χ2v) is 6.63. The molecule has 132 valence electrons. The highest BCUT2D eigenvalue weighted by Gasteiger charge is 2.38. The number of aliphatic hydroxyl groups excluding tert-OH is 1. The molecule has 1 aliphatic carbocycles. The Kier molecular flexibility index (Phi) is 5.03. The third-order valence-electron chi connectivity index (χ3n) is 4.93. The Morgan fingerprint density at radius 3 is 2.64 bits per heavy atom. The molecule has 7 heteroatoms. The van der Waals surface area contributed by atoms with Crippen molar-refractivity contribution in [2.75, 3.05) is 0 Å². The number of nitrogens with two attached hydrogens (primary N) is 1. The molecule has 2 aliphatic rings. The Morgan fingerprint density at radius 2 is 1.96 bits per heavy atom. The molecule has 3 N–H and O–H groups in total. The van der Waals surface area contributed by atoms with Crippen molar-refractivity contribution in [1.82, 2.24) is 14.9 Å². The Labute approximate surface area is 152 Å². The van der Waals surface area contributed by atoms with Gasteiger partial charge in [-0.2, -0.15) is 0 Å². The first-order chi connectivity index (χ1) is 11.6. The number of halogens is 1. The lowest BCUT2D eigenvalue weighted by Crippen LogP contribution is -2.31. The first-order valence-corrected chi connectivity index (χ1v) is 8.24. The number of carbonyl (C=O) groups is 1. The molecular weight excluding hydrogens is 340 g/mol. The highest BCUT2D eigenvalue weighted by atomic mass is 35.5. The number of nitrogens with zero attached hydrogens (tertiary/aromatic N) is 3. The fourth-order valence-corrected chi connectivity index (χ4v) is 3.54. The van der Waals surface area contributed by atoms with Crippen molar-refractivity contribution in [3.05, 3.63) is 47.8 Å². The van der Waals surface area contributed by atoms with Crippen LogP contribution in [0, 0.1) is 5.92 Å². The Bertz CT molecular complexity index is 761. The van der Waals surface area contributed by atoms with Gasteiger partial charge in [0.25, 0.3) is 0 Å². The monoisotopic (exact) mass is 360 g/mol. The second kappa shape index (κ2) is 7.07. The number of aliphatic hydroxyl groups is 1. The molecule has 2 aromatic rings. The molecule has 1 saturated carbocycles. The highest BCUT2D eigenvalue weighted by Crippen LogP contribution is 2.30. The van der Waals surface area contributed by atoms with Gasteiger partial charge in [-0.1, -0.05) is 30.3 Å². The number of hydrogen-bond acceptors (Lipinski definition) is 5. The maximum absolute atomic E-state index is 12.7. The molecule has 0 unspecified atom stereocenters. The number of carbonyl (C=O) groups excluding carboxylic acids is 1. The van der Waals surface area contributed by atoms with Crippen molar-refractivity contribution in [3.63, 3.8) is 0 Å². The molecule has 3 atom stereocenters. The molecule has 0 bridgehead atoms. The summed E-state index contributed by atoms with van der Waals surface area (Å²) in [7, 11) is 0. The van der Waals surface area contributed by atoms with Crippen LogP contribution in [-0.2, 0) is 17.9 Å². The van der Waals surface area contributed by atoms with Crippen molar-refractivity contribution in [2.24, 2.45) is 11.7 Å². The predicted molar refractivity (Wildman–Crippen MR) is 95.7 cm³/mol. The average Bonchev–Trinajstić information content (AvgIpc) is 3.18. The van der Waals surface area contributed by atoms with Gasteiger partial charge in [0.05, 0.1) is 18.3 Å². The van der Waals surface area contributed by atoms with Gasteiger partial charge in [0.1, 0.15) is 0 Å². The van der Waals surface area contributed by atoms with E-state index < -0.39 is 6.10 Å². The minimum atomic E-state index is -0.576. The quantitative estimate of drug-likeness (QED) is 0.846. The summed E-state index contributed by atoms with van der Waals surface area (Å²) in [5.41, 5.74) is 8.69. The van der Waals surface area contributed by atoms with Crippen LogP contribution in [0.15, 0.2) is 36.5 Å². The first kappa shape index (κ1) is 17.8. The van der Waals surface area contributed by atoms with Crippen LogP contribution in [0.1, 0.15) is 24.1 Å². The van der Waals surface area contributed by atoms with Crippen LogP contribution in [0.3, 0.4) is 0 Å². The molecule has 6 nitrogen and oxygen atoms in total. The third-order valence-corrected chi connectivity index (χ3v) is 4.93. The lowest BCUT2D eigenvalue weighted by atomic mass is 10.1. The predicted octanol–water partition coefficient (Wildman–Crippen LogP) is 1.51. The van der Waals surface area contributed by atoms with E-state index in [0.29, 0.717) is 31.8 Å². The summed E-state index contributed by atoms with van der Waals surface area (Å²) in [5.74, 6) is 0.550. The number of hydrogen-bond donors (Lipinski definition) is 2. The van der Waals surface area contributed by atoms with Crippen LogP contribution in [0.25, 0.3) is 11.4 Å². The minimum absolute atomic E-state index is 0. The van der Waals surface area contributed by atoms with Crippen LogP contribution in [0.5, 0.6) is 0 Å². The van der Waals surface area contributed by atoms with Crippen LogP contribution in [0.2, 0.25) is 0 Å². The van der Waals surface area contributed by atoms with Gasteiger partial charge in [-0.25, -0.2) is 9.97 Å². The lowest BCUT2D eigenvalue weighted by molar-refractivity contribution is -0.136. The van der Waals surface area contributed by atoms with E-state index in [9.17, 15) is 9.90 Å². The minimum Gasteiger partial charge on any atom is -0.391 e. The average molecular weight is 361 g/mol. The molecule has 25 heavy (non-hydrogen) atoms. The van der Waals surface area contributed by atoms with E-state index in [4.69, 9.17) is 5.73 Å². The highest BCUT2D eigenvalue weighted by molar-refractivity contribution is 5.85. The van der Waals surface area contributed by atoms with E-state index >= 15 is 0 Å². The molecular formula is C18H21ClN4O2. The Balaban J connectivity index is 0.00000182. The second-order valence-electron chi connectivity index (χ2n) is 6.63. The number of rotatable bonds is 2. The number of amides is 1. The first-order valence-electron chi connectivity index (χ1n) is 8.24. The SMILES string of the molecule is Cl.N[C@@H]1C[C@H](C(=O)N2Cc3cnc(-c4ccccc4)nc3C2)C[C@H]1O. The van der Waals surface area contributed by atoms with Gasteiger partial charge in [0.2, 0.25) is 5.91 Å². The van der Waals surface area contributed by atoms with Crippen molar-refractivity contribution >= 4 is 18.3 Å². The molecule has 1 amide bonds. The van der Waals surface area contributed by atoms with E-state index in [-0.39, 0.29) is 30.3 Å². The molecule has 1 aromatic heterocycles. The zero-order valence-electron chi connectivity index (χ0n) is 13.7. The van der Waals surface area contributed by atoms with Crippen LogP contribution >= 0.6 is 12.4 Å². The molecule has 1 aromatic carbocycles. The van der Waals surface area contributed by atoms with Gasteiger partial charge in [-0.3, -0.25) is 4.79 Å². The van der Waals surface area contributed by atoms with Gasteiger partial charge < -0.3 is 15.7 Å². The summed E-state index contributed by atoms with van der Waals surface area (Å²) in [6.45, 7) is 1.03. The molecule has 4 rings (SSSR count). The van der Waals surface area contributed by atoms with Gasteiger partial charge >= 0.3 is 0 Å². The van der Waals surface area contributed by atoms with Gasteiger partial charge in [-0.15, -0.1) is 12.4 Å². The summed E-state index contributed by atoms with van der Waals surface area (Å²) in [5, 5.41) is 9.78. The van der Waals surface area contributed by atoms with E-state index in [1.165, 1.54) is 0 Å². The van der Waals surface area contributed by atoms with E-state index in [1.54, 1.807) is 4.90 Å². The molecule has 0 spiro atoms. The standard InChI is InChI=1S/C18H20N4O2.ClH/c19-14-6-12(7-16(14)23)18(24)22-9-13-8-20-17(21-15(13)10-22)11-4-2-1-3-5-11;/h1-5,8,12,14,16,23H,6-7,9-10,19H2;1H/t12-,14+,16+;/m0./s1. The van der Waals surface area contributed by atoms with Crippen molar-refractivity contribution in [2.45, 2.75) is 38.1 Å². The molecule has 2 heterocycles. The topological polar surface area (TPSA) is 92.3 Å². The smallest absolute Gasteiger partial charge is 0.226 e. The largest absolute Gasteiger partial charge is 0.391 e. The fourth-order valence-electron chi connectivity index (χ4n) is 3.54. The van der Waals surface area contributed by atoms with Crippen molar-refractivity contribution in [3.8, 4) is 11.4 Å². The summed E-state index contributed by atoms with van der Waals surface area (Å²) in [6, 6.07) is 9.51. The van der Waals surface area contributed by atoms with Crippen molar-refractivity contribution in [1.29, 1.82) is 0 Å². The summed E-state index contributed by atoms with van der Waals surface area (Å²) < 4.78 is 0. The van der Waals surface area contributed by atoms with Gasteiger partial charge in [0, 0.05) is 35.8 Å². The zero-order chi connectivity index (χ0) is 16.7. The maximum Gasteiger partial charge on any atom is 0.226 e. The molecule has 1 fully saturated rings. The number of aromatic nitrogens is 2. The van der Waals surface area contributed by atoms with Crippen molar-refractivity contribution < 1.29 is 9.90 Å². The fraction of sp³-hybridized carbons (Fsp3) is 0.389. The van der Waals surface area contributed by atoms with E-state index in [0.717, 1.165) is 16.8 Å². The maximum atomic E-state index is 12.7.